The van der Waals surface area contributed by atoms with Crippen molar-refractivity contribution in [3.63, 3.8) is 0 Å². The van der Waals surface area contributed by atoms with Crippen LogP contribution in [-0.4, -0.2) is 18.5 Å². The lowest BCUT2D eigenvalue weighted by molar-refractivity contribution is -0.294. The Labute approximate surface area is 113 Å². The lowest BCUT2D eigenvalue weighted by Crippen LogP contribution is -2.50. The fraction of sp³-hybridized carbons (Fsp3) is 1.00. The van der Waals surface area contributed by atoms with Gasteiger partial charge in [0.15, 0.2) is 6.29 Å². The molecule has 0 aliphatic carbocycles. The Morgan fingerprint density at radius 1 is 0.944 bits per heavy atom. The molecule has 0 bridgehead atoms. The highest BCUT2D eigenvalue weighted by Crippen LogP contribution is 2.39. The van der Waals surface area contributed by atoms with Gasteiger partial charge in [-0.25, -0.2) is 0 Å². The summed E-state index contributed by atoms with van der Waals surface area (Å²) in [6, 6.07) is 0. The number of hydrogen-bond donors (Lipinski definition) is 0. The first-order valence-electron chi connectivity index (χ1n) is 7.36. The van der Waals surface area contributed by atoms with Gasteiger partial charge in [-0.1, -0.05) is 55.4 Å². The minimum absolute atomic E-state index is 0.0443. The second-order valence-electron chi connectivity index (χ2n) is 7.97. The minimum Gasteiger partial charge on any atom is -0.348 e. The largest absolute Gasteiger partial charge is 0.348 e. The van der Waals surface area contributed by atoms with E-state index >= 15 is 0 Å². The van der Waals surface area contributed by atoms with Crippen molar-refractivity contribution in [3.05, 3.63) is 0 Å². The van der Waals surface area contributed by atoms with Gasteiger partial charge in [-0.15, -0.1) is 0 Å². The quantitative estimate of drug-likeness (QED) is 0.717. The van der Waals surface area contributed by atoms with Crippen LogP contribution in [0.3, 0.4) is 0 Å². The second kappa shape index (κ2) is 5.50. The van der Waals surface area contributed by atoms with E-state index in [1.165, 1.54) is 0 Å². The summed E-state index contributed by atoms with van der Waals surface area (Å²) in [7, 11) is 0. The Hall–Kier alpha value is -0.0800. The average molecular weight is 256 g/mol. The van der Waals surface area contributed by atoms with Crippen LogP contribution in [0.4, 0.5) is 0 Å². The van der Waals surface area contributed by atoms with Crippen LogP contribution < -0.4 is 0 Å². The summed E-state index contributed by atoms with van der Waals surface area (Å²) in [4.78, 5) is 0. The van der Waals surface area contributed by atoms with Gasteiger partial charge in [-0.2, -0.15) is 0 Å². The van der Waals surface area contributed by atoms with Gasteiger partial charge in [-0.3, -0.25) is 0 Å². The predicted molar refractivity (Wildman–Crippen MR) is 76.5 cm³/mol. The Morgan fingerprint density at radius 3 is 1.61 bits per heavy atom. The molecule has 0 radical (unpaired) electrons. The molecule has 1 heterocycles. The highest BCUT2D eigenvalue weighted by atomic mass is 16.7. The van der Waals surface area contributed by atoms with Crippen molar-refractivity contribution in [2.75, 3.05) is 0 Å². The first kappa shape index (κ1) is 16.0. The Balaban J connectivity index is 2.86. The fourth-order valence-corrected chi connectivity index (χ4v) is 2.24. The maximum Gasteiger partial charge on any atom is 0.160 e. The number of ether oxygens (including phenoxy) is 2. The van der Waals surface area contributed by atoms with E-state index in [0.29, 0.717) is 5.92 Å². The predicted octanol–water partition coefficient (Wildman–Crippen LogP) is 4.62. The van der Waals surface area contributed by atoms with E-state index < -0.39 is 0 Å². The smallest absolute Gasteiger partial charge is 0.160 e. The first-order chi connectivity index (χ1) is 8.05. The summed E-state index contributed by atoms with van der Waals surface area (Å²) >= 11 is 0. The molecule has 2 heteroatoms. The van der Waals surface area contributed by atoms with Gasteiger partial charge in [0.2, 0.25) is 0 Å². The van der Waals surface area contributed by atoms with Crippen LogP contribution in [0.2, 0.25) is 0 Å². The minimum atomic E-state index is -0.0443. The molecule has 0 aromatic rings. The van der Waals surface area contributed by atoms with E-state index in [-0.39, 0.29) is 29.3 Å². The molecule has 18 heavy (non-hydrogen) atoms. The van der Waals surface area contributed by atoms with Crippen LogP contribution in [0.25, 0.3) is 0 Å². The van der Waals surface area contributed by atoms with Crippen molar-refractivity contribution in [2.24, 2.45) is 16.7 Å². The first-order valence-corrected chi connectivity index (χ1v) is 7.36. The van der Waals surface area contributed by atoms with Crippen molar-refractivity contribution < 1.29 is 9.47 Å². The summed E-state index contributed by atoms with van der Waals surface area (Å²) in [5.74, 6) is 0.458. The van der Waals surface area contributed by atoms with Crippen molar-refractivity contribution >= 4 is 0 Å². The van der Waals surface area contributed by atoms with Gasteiger partial charge in [0.25, 0.3) is 0 Å². The summed E-state index contributed by atoms with van der Waals surface area (Å²) in [5, 5.41) is 0. The highest BCUT2D eigenvalue weighted by Gasteiger charge is 2.42. The van der Waals surface area contributed by atoms with Crippen LogP contribution >= 0.6 is 0 Å². The zero-order chi connectivity index (χ0) is 14.1. The molecule has 1 saturated heterocycles. The van der Waals surface area contributed by atoms with Crippen LogP contribution in [0.15, 0.2) is 0 Å². The Bertz CT molecular complexity index is 237. The monoisotopic (exact) mass is 256 g/mol. The molecule has 0 saturated carbocycles. The third-order valence-electron chi connectivity index (χ3n) is 4.07. The Morgan fingerprint density at radius 2 is 1.33 bits per heavy atom. The van der Waals surface area contributed by atoms with Crippen molar-refractivity contribution in [1.29, 1.82) is 0 Å². The molecule has 0 spiro atoms. The van der Waals surface area contributed by atoms with E-state index in [2.05, 4.69) is 55.4 Å². The Kier molecular flexibility index (Phi) is 4.88. The van der Waals surface area contributed by atoms with Gasteiger partial charge < -0.3 is 9.47 Å². The van der Waals surface area contributed by atoms with Gasteiger partial charge >= 0.3 is 0 Å². The zero-order valence-corrected chi connectivity index (χ0v) is 13.5. The summed E-state index contributed by atoms with van der Waals surface area (Å²) in [6.07, 6.45) is 2.62. The normalized spacial score (nSPS) is 32.3. The molecule has 1 aliphatic heterocycles. The van der Waals surface area contributed by atoms with Crippen molar-refractivity contribution in [2.45, 2.75) is 86.7 Å². The zero-order valence-electron chi connectivity index (χ0n) is 13.5. The van der Waals surface area contributed by atoms with Crippen LogP contribution in [0.1, 0.15) is 68.2 Å². The van der Waals surface area contributed by atoms with E-state index in [9.17, 15) is 0 Å². The van der Waals surface area contributed by atoms with Crippen LogP contribution in [-0.2, 0) is 9.47 Å². The maximum absolute atomic E-state index is 6.21. The fourth-order valence-electron chi connectivity index (χ4n) is 2.24. The van der Waals surface area contributed by atoms with Gasteiger partial charge in [0, 0.05) is 12.3 Å². The molecule has 0 N–H and O–H groups in total. The lowest BCUT2D eigenvalue weighted by atomic mass is 9.78. The third-order valence-corrected chi connectivity index (χ3v) is 4.07. The number of rotatable bonds is 2. The van der Waals surface area contributed by atoms with E-state index in [0.717, 1.165) is 12.8 Å². The standard InChI is InChI=1S/C16H32O2/c1-9-11(2)14-17-12(15(3,4)5)10-13(18-14)16(6,7)8/h11-14H,9-10H2,1-8H3. The molecular weight excluding hydrogens is 224 g/mol. The van der Waals surface area contributed by atoms with Crippen LogP contribution in [0, 0.1) is 16.7 Å². The topological polar surface area (TPSA) is 18.5 Å². The SMILES string of the molecule is CCC(C)C1OC(C(C)(C)C)CC(C(C)(C)C)O1. The molecule has 0 aromatic heterocycles. The molecule has 0 amide bonds. The molecule has 1 fully saturated rings. The molecule has 2 nitrogen and oxygen atoms in total. The van der Waals surface area contributed by atoms with Crippen molar-refractivity contribution in [1.82, 2.24) is 0 Å². The molecule has 3 atom stereocenters. The van der Waals surface area contributed by atoms with Gasteiger partial charge in [-0.05, 0) is 17.3 Å². The molecule has 1 aliphatic rings. The summed E-state index contributed by atoms with van der Waals surface area (Å²) < 4.78 is 12.4. The number of hydrogen-bond acceptors (Lipinski definition) is 2. The van der Waals surface area contributed by atoms with Gasteiger partial charge in [0.05, 0.1) is 12.2 Å². The summed E-state index contributed by atoms with van der Waals surface area (Å²) in [6.45, 7) is 18.0. The average Bonchev–Trinajstić information content (AvgIpc) is 2.25. The van der Waals surface area contributed by atoms with E-state index in [1.54, 1.807) is 0 Å². The molecule has 3 unspecified atom stereocenters. The lowest BCUT2D eigenvalue weighted by Gasteiger charge is -2.47. The van der Waals surface area contributed by atoms with E-state index in [4.69, 9.17) is 9.47 Å². The molecular formula is C16H32O2. The molecule has 0 aromatic carbocycles. The van der Waals surface area contributed by atoms with Crippen LogP contribution in [0.5, 0.6) is 0 Å². The second-order valence-corrected chi connectivity index (χ2v) is 7.97. The van der Waals surface area contributed by atoms with E-state index in [1.807, 2.05) is 0 Å². The molecule has 1 rings (SSSR count). The third kappa shape index (κ3) is 3.96. The van der Waals surface area contributed by atoms with Crippen molar-refractivity contribution in [3.8, 4) is 0 Å². The summed E-state index contributed by atoms with van der Waals surface area (Å²) in [5.41, 5.74) is 0.359. The highest BCUT2D eigenvalue weighted by molar-refractivity contribution is 4.87. The maximum atomic E-state index is 6.21. The van der Waals surface area contributed by atoms with Gasteiger partial charge in [0.1, 0.15) is 0 Å². The molecule has 108 valence electrons.